The number of hydrogen-bond donors (Lipinski definition) is 0. The molecule has 0 spiro atoms. The molecule has 1 aromatic carbocycles. The molecule has 1 unspecified atom stereocenters. The Bertz CT molecular complexity index is 512. The molecule has 1 aliphatic heterocycles. The van der Waals surface area contributed by atoms with Gasteiger partial charge < -0.3 is 4.90 Å². The smallest absolute Gasteiger partial charge is 0.254 e. The van der Waals surface area contributed by atoms with Gasteiger partial charge in [0.2, 0.25) is 0 Å². The van der Waals surface area contributed by atoms with Crippen molar-refractivity contribution in [3.8, 4) is 0 Å². The highest BCUT2D eigenvalue weighted by atomic mass is 79.9. The van der Waals surface area contributed by atoms with Crippen LogP contribution in [0.3, 0.4) is 0 Å². The maximum absolute atomic E-state index is 12.6. The molecule has 1 aliphatic rings. The van der Waals surface area contributed by atoms with Crippen molar-refractivity contribution in [3.63, 3.8) is 0 Å². The molecule has 0 bridgehead atoms. The van der Waals surface area contributed by atoms with Gasteiger partial charge in [-0.05, 0) is 44.4 Å². The quantitative estimate of drug-likeness (QED) is 0.816. The van der Waals surface area contributed by atoms with Crippen LogP contribution < -0.4 is 0 Å². The van der Waals surface area contributed by atoms with Gasteiger partial charge in [-0.2, -0.15) is 0 Å². The number of likely N-dealkylation sites (tertiary alicyclic amines) is 1. The summed E-state index contributed by atoms with van der Waals surface area (Å²) >= 11 is 9.35. The van der Waals surface area contributed by atoms with Crippen molar-refractivity contribution in [1.29, 1.82) is 0 Å². The zero-order valence-corrected chi connectivity index (χ0v) is 13.7. The highest BCUT2D eigenvalue weighted by Gasteiger charge is 2.28. The molecule has 5 heteroatoms. The SMILES string of the molecule is CC(=O)CC1CCCCN1C(=O)c1cc(Cl)cc(Br)c1. The summed E-state index contributed by atoms with van der Waals surface area (Å²) in [5.41, 5.74) is 0.569. The lowest BCUT2D eigenvalue weighted by Crippen LogP contribution is -2.44. The molecule has 0 radical (unpaired) electrons. The predicted molar refractivity (Wildman–Crippen MR) is 83.1 cm³/mol. The Kier molecular flexibility index (Phi) is 5.22. The van der Waals surface area contributed by atoms with Crippen molar-refractivity contribution in [2.75, 3.05) is 6.54 Å². The molecular formula is C15H17BrClNO2. The fourth-order valence-corrected chi connectivity index (χ4v) is 3.52. The molecule has 1 fully saturated rings. The number of amides is 1. The molecule has 0 saturated carbocycles. The summed E-state index contributed by atoms with van der Waals surface area (Å²) in [4.78, 5) is 25.8. The van der Waals surface area contributed by atoms with Crippen molar-refractivity contribution in [2.24, 2.45) is 0 Å². The van der Waals surface area contributed by atoms with Crippen LogP contribution in [0.4, 0.5) is 0 Å². The first kappa shape index (κ1) is 15.5. The largest absolute Gasteiger partial charge is 0.335 e. The van der Waals surface area contributed by atoms with Crippen molar-refractivity contribution < 1.29 is 9.59 Å². The number of piperidine rings is 1. The molecular weight excluding hydrogens is 342 g/mol. The molecule has 0 aliphatic carbocycles. The van der Waals surface area contributed by atoms with Gasteiger partial charge in [-0.3, -0.25) is 9.59 Å². The van der Waals surface area contributed by atoms with Gasteiger partial charge in [-0.15, -0.1) is 0 Å². The summed E-state index contributed by atoms with van der Waals surface area (Å²) in [6.07, 6.45) is 3.39. The molecule has 1 heterocycles. The molecule has 1 saturated heterocycles. The van der Waals surface area contributed by atoms with E-state index in [1.54, 1.807) is 25.1 Å². The van der Waals surface area contributed by atoms with Gasteiger partial charge in [-0.25, -0.2) is 0 Å². The minimum Gasteiger partial charge on any atom is -0.335 e. The average Bonchev–Trinajstić information content (AvgIpc) is 2.36. The molecule has 108 valence electrons. The molecule has 0 N–H and O–H groups in total. The highest BCUT2D eigenvalue weighted by molar-refractivity contribution is 9.10. The summed E-state index contributed by atoms with van der Waals surface area (Å²) in [7, 11) is 0. The van der Waals surface area contributed by atoms with E-state index in [9.17, 15) is 9.59 Å². The van der Waals surface area contributed by atoms with Crippen molar-refractivity contribution in [1.82, 2.24) is 4.90 Å². The number of hydrogen-bond acceptors (Lipinski definition) is 2. The molecule has 0 aromatic heterocycles. The zero-order valence-electron chi connectivity index (χ0n) is 11.4. The van der Waals surface area contributed by atoms with E-state index in [1.165, 1.54) is 0 Å². The number of benzene rings is 1. The summed E-state index contributed by atoms with van der Waals surface area (Å²) < 4.78 is 0.786. The number of nitrogens with zero attached hydrogens (tertiary/aromatic N) is 1. The van der Waals surface area contributed by atoms with Crippen LogP contribution in [-0.2, 0) is 4.79 Å². The third-order valence-electron chi connectivity index (χ3n) is 3.52. The topological polar surface area (TPSA) is 37.4 Å². The van der Waals surface area contributed by atoms with Gasteiger partial charge in [-0.1, -0.05) is 27.5 Å². The number of Topliss-reactive ketones (excluding diaryl/α,β-unsaturated/α-hetero) is 1. The molecule has 20 heavy (non-hydrogen) atoms. The van der Waals surface area contributed by atoms with Crippen molar-refractivity contribution >= 4 is 39.2 Å². The van der Waals surface area contributed by atoms with E-state index in [4.69, 9.17) is 11.6 Å². The second-order valence-corrected chi connectivity index (χ2v) is 6.56. The lowest BCUT2D eigenvalue weighted by molar-refractivity contribution is -0.118. The van der Waals surface area contributed by atoms with E-state index >= 15 is 0 Å². The van der Waals surface area contributed by atoms with Crippen molar-refractivity contribution in [2.45, 2.75) is 38.6 Å². The zero-order chi connectivity index (χ0) is 14.7. The number of carbonyl (C=O) groups is 2. The van der Waals surface area contributed by atoms with E-state index < -0.39 is 0 Å². The van der Waals surface area contributed by atoms with E-state index in [0.717, 1.165) is 23.7 Å². The maximum Gasteiger partial charge on any atom is 0.254 e. The monoisotopic (exact) mass is 357 g/mol. The van der Waals surface area contributed by atoms with Crippen LogP contribution in [0.5, 0.6) is 0 Å². The number of rotatable bonds is 3. The fourth-order valence-electron chi connectivity index (χ4n) is 2.66. The van der Waals surface area contributed by atoms with Gasteiger partial charge in [0, 0.05) is 34.1 Å². The van der Waals surface area contributed by atoms with Crippen LogP contribution in [-0.4, -0.2) is 29.2 Å². The van der Waals surface area contributed by atoms with E-state index in [-0.39, 0.29) is 17.7 Å². The first-order valence-electron chi connectivity index (χ1n) is 6.74. The van der Waals surface area contributed by atoms with Crippen molar-refractivity contribution in [3.05, 3.63) is 33.3 Å². The molecule has 3 nitrogen and oxygen atoms in total. The van der Waals surface area contributed by atoms with Crippen LogP contribution in [0.25, 0.3) is 0 Å². The average molecular weight is 359 g/mol. The minimum atomic E-state index is -0.0425. The van der Waals surface area contributed by atoms with Gasteiger partial charge >= 0.3 is 0 Å². The van der Waals surface area contributed by atoms with Crippen LogP contribution in [0.2, 0.25) is 5.02 Å². The number of ketones is 1. The first-order valence-corrected chi connectivity index (χ1v) is 7.91. The van der Waals surface area contributed by atoms with E-state index in [1.807, 2.05) is 4.90 Å². The predicted octanol–water partition coefficient (Wildman–Crippen LogP) is 4.08. The van der Waals surface area contributed by atoms with Gasteiger partial charge in [0.1, 0.15) is 5.78 Å². The summed E-state index contributed by atoms with van der Waals surface area (Å²) in [5.74, 6) is 0.0844. The summed E-state index contributed by atoms with van der Waals surface area (Å²) in [6.45, 7) is 2.29. The fraction of sp³-hybridized carbons (Fsp3) is 0.467. The third-order valence-corrected chi connectivity index (χ3v) is 4.20. The van der Waals surface area contributed by atoms with E-state index in [0.29, 0.717) is 23.6 Å². The first-order chi connectivity index (χ1) is 9.47. The van der Waals surface area contributed by atoms with Gasteiger partial charge in [0.05, 0.1) is 0 Å². The Morgan fingerprint density at radius 1 is 1.35 bits per heavy atom. The lowest BCUT2D eigenvalue weighted by Gasteiger charge is -2.35. The molecule has 1 amide bonds. The molecule has 2 rings (SSSR count). The number of carbonyl (C=O) groups excluding carboxylic acids is 2. The Morgan fingerprint density at radius 2 is 2.10 bits per heavy atom. The van der Waals surface area contributed by atoms with Crippen LogP contribution in [0.15, 0.2) is 22.7 Å². The highest BCUT2D eigenvalue weighted by Crippen LogP contribution is 2.25. The Hall–Kier alpha value is -0.870. The Morgan fingerprint density at radius 3 is 2.75 bits per heavy atom. The normalized spacial score (nSPS) is 18.9. The van der Waals surface area contributed by atoms with E-state index in [2.05, 4.69) is 15.9 Å². The summed E-state index contributed by atoms with van der Waals surface area (Å²) in [5, 5.41) is 0.530. The van der Waals surface area contributed by atoms with Crippen LogP contribution in [0, 0.1) is 0 Å². The third kappa shape index (κ3) is 3.83. The van der Waals surface area contributed by atoms with Crippen LogP contribution >= 0.6 is 27.5 Å². The van der Waals surface area contributed by atoms with Crippen LogP contribution in [0.1, 0.15) is 43.0 Å². The second kappa shape index (κ2) is 6.72. The maximum atomic E-state index is 12.6. The standard InChI is InChI=1S/C15H17BrClNO2/c1-10(19)6-14-4-2-3-5-18(14)15(20)11-7-12(16)9-13(17)8-11/h7-9,14H,2-6H2,1H3. The Balaban J connectivity index is 2.22. The molecule has 1 aromatic rings. The Labute approximate surface area is 132 Å². The lowest BCUT2D eigenvalue weighted by atomic mass is 9.97. The molecule has 1 atom stereocenters. The van der Waals surface area contributed by atoms with Gasteiger partial charge in [0.25, 0.3) is 5.91 Å². The van der Waals surface area contributed by atoms with Gasteiger partial charge in [0.15, 0.2) is 0 Å². The summed E-state index contributed by atoms with van der Waals surface area (Å²) in [6, 6.07) is 5.22. The second-order valence-electron chi connectivity index (χ2n) is 5.21. The minimum absolute atomic E-state index is 0.0199. The number of halogens is 2.